The van der Waals surface area contributed by atoms with Crippen LogP contribution in [0.3, 0.4) is 0 Å². The summed E-state index contributed by atoms with van der Waals surface area (Å²) in [4.78, 5) is 26.4. The third-order valence-corrected chi connectivity index (χ3v) is 5.86. The number of ether oxygens (including phenoxy) is 1. The van der Waals surface area contributed by atoms with E-state index in [1.165, 1.54) is 31.3 Å². The van der Waals surface area contributed by atoms with Crippen molar-refractivity contribution < 1.29 is 22.7 Å². The number of rotatable bonds is 5. The normalized spacial score (nSPS) is 16.1. The van der Waals surface area contributed by atoms with E-state index in [4.69, 9.17) is 4.74 Å². The van der Waals surface area contributed by atoms with Gasteiger partial charge in [0.25, 0.3) is 5.91 Å². The van der Waals surface area contributed by atoms with Crippen LogP contribution < -0.4 is 9.62 Å². The number of hydrogen-bond donors (Lipinski definition) is 1. The number of para-hydroxylation sites is 1. The minimum absolute atomic E-state index is 0.0160. The second-order valence-corrected chi connectivity index (χ2v) is 8.14. The van der Waals surface area contributed by atoms with Crippen molar-refractivity contribution in [3.8, 4) is 0 Å². The van der Waals surface area contributed by atoms with Gasteiger partial charge in [-0.25, -0.2) is 17.9 Å². The van der Waals surface area contributed by atoms with Gasteiger partial charge in [0.2, 0.25) is 10.0 Å². The highest BCUT2D eigenvalue weighted by Crippen LogP contribution is 2.31. The second kappa shape index (κ2) is 7.50. The van der Waals surface area contributed by atoms with E-state index in [1.54, 1.807) is 4.90 Å². The lowest BCUT2D eigenvalue weighted by Gasteiger charge is -2.22. The molecule has 142 valence electrons. The first-order valence-electron chi connectivity index (χ1n) is 8.44. The van der Waals surface area contributed by atoms with Crippen molar-refractivity contribution >= 4 is 27.6 Å². The van der Waals surface area contributed by atoms with Gasteiger partial charge in [-0.3, -0.25) is 4.79 Å². The molecule has 1 heterocycles. The van der Waals surface area contributed by atoms with Crippen LogP contribution in [0.5, 0.6) is 0 Å². The van der Waals surface area contributed by atoms with E-state index in [1.807, 2.05) is 31.2 Å². The van der Waals surface area contributed by atoms with Gasteiger partial charge in [-0.15, -0.1) is 0 Å². The van der Waals surface area contributed by atoms with E-state index in [9.17, 15) is 18.0 Å². The fourth-order valence-electron chi connectivity index (χ4n) is 3.13. The smallest absolute Gasteiger partial charge is 0.338 e. The molecule has 7 nitrogen and oxygen atoms in total. The van der Waals surface area contributed by atoms with E-state index in [-0.39, 0.29) is 22.4 Å². The maximum absolute atomic E-state index is 12.6. The number of carbonyl (C=O) groups excluding carboxylic acids is 2. The van der Waals surface area contributed by atoms with Gasteiger partial charge in [0, 0.05) is 11.7 Å². The van der Waals surface area contributed by atoms with Crippen molar-refractivity contribution in [3.05, 3.63) is 59.7 Å². The van der Waals surface area contributed by atoms with E-state index in [0.717, 1.165) is 17.7 Å². The molecule has 0 spiro atoms. The first-order valence-corrected chi connectivity index (χ1v) is 9.92. The van der Waals surface area contributed by atoms with Gasteiger partial charge in [0.15, 0.2) is 6.61 Å². The molecule has 0 aliphatic carbocycles. The van der Waals surface area contributed by atoms with Crippen LogP contribution in [0.4, 0.5) is 5.69 Å². The largest absolute Gasteiger partial charge is 0.452 e. The Kier molecular flexibility index (Phi) is 5.29. The third-order valence-electron chi connectivity index (χ3n) is 4.45. The van der Waals surface area contributed by atoms with Crippen molar-refractivity contribution in [1.29, 1.82) is 0 Å². The molecule has 0 aromatic heterocycles. The molecule has 3 rings (SSSR count). The Morgan fingerprint density at radius 1 is 1.19 bits per heavy atom. The minimum atomic E-state index is -3.67. The third kappa shape index (κ3) is 3.86. The molecule has 8 heteroatoms. The molecule has 0 bridgehead atoms. The molecule has 2 aromatic rings. The van der Waals surface area contributed by atoms with E-state index < -0.39 is 22.6 Å². The lowest BCUT2D eigenvalue weighted by Crippen LogP contribution is -2.38. The Morgan fingerprint density at radius 3 is 2.67 bits per heavy atom. The van der Waals surface area contributed by atoms with Crippen LogP contribution in [-0.2, 0) is 26.0 Å². The lowest BCUT2D eigenvalue weighted by atomic mass is 10.1. The van der Waals surface area contributed by atoms with Crippen LogP contribution in [-0.4, -0.2) is 40.0 Å². The number of nitrogens with one attached hydrogen (secondary N) is 1. The predicted octanol–water partition coefficient (Wildman–Crippen LogP) is 1.73. The number of anilines is 1. The molecular formula is C19H20N2O5S. The number of carbonyl (C=O) groups is 2. The molecule has 1 atom stereocenters. The summed E-state index contributed by atoms with van der Waals surface area (Å²) < 4.78 is 31.0. The van der Waals surface area contributed by atoms with Gasteiger partial charge in [-0.1, -0.05) is 24.3 Å². The summed E-state index contributed by atoms with van der Waals surface area (Å²) in [6.45, 7) is 1.52. The molecule has 1 amide bonds. The highest BCUT2D eigenvalue weighted by molar-refractivity contribution is 7.89. The van der Waals surface area contributed by atoms with Crippen LogP contribution in [0.1, 0.15) is 22.8 Å². The molecule has 0 saturated carbocycles. The summed E-state index contributed by atoms with van der Waals surface area (Å²) in [5, 5.41) is 0. The summed E-state index contributed by atoms with van der Waals surface area (Å²) in [7, 11) is -2.39. The number of benzene rings is 2. The van der Waals surface area contributed by atoms with Crippen LogP contribution in [0, 0.1) is 0 Å². The summed E-state index contributed by atoms with van der Waals surface area (Å²) in [6.07, 6.45) is 0.750. The quantitative estimate of drug-likeness (QED) is 0.788. The highest BCUT2D eigenvalue weighted by Gasteiger charge is 2.31. The zero-order chi connectivity index (χ0) is 19.6. The van der Waals surface area contributed by atoms with Crippen molar-refractivity contribution in [2.24, 2.45) is 0 Å². The van der Waals surface area contributed by atoms with Gasteiger partial charge in [0.05, 0.1) is 10.5 Å². The number of fused-ring (bicyclic) bond motifs is 1. The van der Waals surface area contributed by atoms with E-state index in [0.29, 0.717) is 0 Å². The number of amides is 1. The Balaban J connectivity index is 1.70. The van der Waals surface area contributed by atoms with Crippen LogP contribution in [0.25, 0.3) is 0 Å². The molecule has 1 aliphatic rings. The summed E-state index contributed by atoms with van der Waals surface area (Å²) in [5.74, 6) is -1.07. The van der Waals surface area contributed by atoms with Gasteiger partial charge < -0.3 is 9.64 Å². The molecule has 1 aliphatic heterocycles. The summed E-state index contributed by atoms with van der Waals surface area (Å²) >= 11 is 0. The summed E-state index contributed by atoms with van der Waals surface area (Å²) in [5.41, 5.74) is 1.97. The molecule has 1 N–H and O–H groups in total. The van der Waals surface area contributed by atoms with E-state index in [2.05, 4.69) is 4.72 Å². The summed E-state index contributed by atoms with van der Waals surface area (Å²) in [6, 6.07) is 13.1. The van der Waals surface area contributed by atoms with Crippen LogP contribution in [0.15, 0.2) is 53.4 Å². The van der Waals surface area contributed by atoms with Crippen LogP contribution >= 0.6 is 0 Å². The Hall–Kier alpha value is -2.71. The second-order valence-electron chi connectivity index (χ2n) is 6.26. The molecule has 0 saturated heterocycles. The van der Waals surface area contributed by atoms with Gasteiger partial charge in [-0.2, -0.15) is 0 Å². The van der Waals surface area contributed by atoms with Gasteiger partial charge >= 0.3 is 5.97 Å². The first-order chi connectivity index (χ1) is 12.8. The average Bonchev–Trinajstić information content (AvgIpc) is 3.01. The maximum atomic E-state index is 12.6. The standard InChI is InChI=1S/C19H20N2O5S/c1-13-10-14-6-3-4-9-17(14)21(13)18(22)12-26-19(23)15-7-5-8-16(11-15)27(24,25)20-2/h3-9,11,13,20H,10,12H2,1-2H3/t13-/m0/s1. The molecular weight excluding hydrogens is 368 g/mol. The van der Waals surface area contributed by atoms with Crippen LogP contribution in [0.2, 0.25) is 0 Å². The number of esters is 1. The fraction of sp³-hybridized carbons (Fsp3) is 0.263. The monoisotopic (exact) mass is 388 g/mol. The molecule has 0 unspecified atom stereocenters. The molecule has 27 heavy (non-hydrogen) atoms. The Morgan fingerprint density at radius 2 is 1.93 bits per heavy atom. The van der Waals surface area contributed by atoms with Crippen molar-refractivity contribution in [2.75, 3.05) is 18.6 Å². The minimum Gasteiger partial charge on any atom is -0.452 e. The zero-order valence-corrected chi connectivity index (χ0v) is 15.8. The average molecular weight is 388 g/mol. The highest BCUT2D eigenvalue weighted by atomic mass is 32.2. The molecule has 0 fully saturated rings. The zero-order valence-electron chi connectivity index (χ0n) is 15.0. The van der Waals surface area contributed by atoms with Gasteiger partial charge in [-0.05, 0) is 50.2 Å². The Labute approximate surface area is 158 Å². The fourth-order valence-corrected chi connectivity index (χ4v) is 3.91. The first kappa shape index (κ1) is 19.1. The Bertz CT molecular complexity index is 987. The molecule has 2 aromatic carbocycles. The molecule has 0 radical (unpaired) electrons. The maximum Gasteiger partial charge on any atom is 0.338 e. The SMILES string of the molecule is CNS(=O)(=O)c1cccc(C(=O)OCC(=O)N2c3ccccc3C[C@@H]2C)c1. The lowest BCUT2D eigenvalue weighted by molar-refractivity contribution is -0.122. The van der Waals surface area contributed by atoms with Crippen molar-refractivity contribution in [1.82, 2.24) is 4.72 Å². The topological polar surface area (TPSA) is 92.8 Å². The van der Waals surface area contributed by atoms with Crippen molar-refractivity contribution in [2.45, 2.75) is 24.3 Å². The predicted molar refractivity (Wildman–Crippen MR) is 100 cm³/mol. The number of hydrogen-bond acceptors (Lipinski definition) is 5. The number of nitrogens with zero attached hydrogens (tertiary/aromatic N) is 1. The van der Waals surface area contributed by atoms with E-state index >= 15 is 0 Å². The van der Waals surface area contributed by atoms with Gasteiger partial charge in [0.1, 0.15) is 0 Å². The van der Waals surface area contributed by atoms with Crippen molar-refractivity contribution in [3.63, 3.8) is 0 Å². The number of sulfonamides is 1.